The van der Waals surface area contributed by atoms with Crippen molar-refractivity contribution in [3.05, 3.63) is 30.9 Å². The molecule has 1 heterocycles. The Balaban J connectivity index is 0.000000388. The van der Waals surface area contributed by atoms with Crippen LogP contribution in [0.2, 0.25) is 0 Å². The lowest BCUT2D eigenvalue weighted by Gasteiger charge is -2.06. The van der Waals surface area contributed by atoms with Gasteiger partial charge >= 0.3 is 5.97 Å². The normalized spacial score (nSPS) is 10.8. The zero-order chi connectivity index (χ0) is 15.4. The summed E-state index contributed by atoms with van der Waals surface area (Å²) >= 11 is 0. The van der Waals surface area contributed by atoms with E-state index in [2.05, 4.69) is 21.9 Å². The average Bonchev–Trinajstić information content (AvgIpc) is 2.88. The molecule has 0 fully saturated rings. The number of carbonyl (C=O) groups is 1. The molecular formula is C12H22N6O2. The van der Waals surface area contributed by atoms with E-state index in [-0.39, 0.29) is 5.96 Å². The van der Waals surface area contributed by atoms with Crippen molar-refractivity contribution in [2.24, 2.45) is 11.5 Å². The molecule has 20 heavy (non-hydrogen) atoms. The van der Waals surface area contributed by atoms with Gasteiger partial charge in [-0.3, -0.25) is 10.2 Å². The van der Waals surface area contributed by atoms with E-state index in [4.69, 9.17) is 22.0 Å². The van der Waals surface area contributed by atoms with Crippen LogP contribution in [0.4, 0.5) is 0 Å². The van der Waals surface area contributed by atoms with Crippen molar-refractivity contribution in [1.29, 1.82) is 5.41 Å². The van der Waals surface area contributed by atoms with Crippen molar-refractivity contribution < 1.29 is 9.90 Å². The van der Waals surface area contributed by atoms with Gasteiger partial charge in [-0.1, -0.05) is 6.08 Å². The molecule has 0 bridgehead atoms. The van der Waals surface area contributed by atoms with Gasteiger partial charge in [-0.15, -0.1) is 6.58 Å². The number of allylic oxidation sites excluding steroid dienone is 1. The molecule has 8 nitrogen and oxygen atoms in total. The van der Waals surface area contributed by atoms with Gasteiger partial charge in [-0.25, -0.2) is 4.98 Å². The third-order valence-electron chi connectivity index (χ3n) is 2.22. The molecule has 1 unspecified atom stereocenters. The van der Waals surface area contributed by atoms with Crippen LogP contribution < -0.4 is 16.8 Å². The molecule has 0 aliphatic rings. The number of carboxylic acid groups (broad SMARTS) is 1. The smallest absolute Gasteiger partial charge is 0.320 e. The number of H-pyrrole nitrogens is 1. The summed E-state index contributed by atoms with van der Waals surface area (Å²) in [6, 6.07) is -0.821. The van der Waals surface area contributed by atoms with Gasteiger partial charge < -0.3 is 26.9 Å². The van der Waals surface area contributed by atoms with Gasteiger partial charge in [0.15, 0.2) is 5.96 Å². The first-order valence-corrected chi connectivity index (χ1v) is 6.12. The average molecular weight is 282 g/mol. The zero-order valence-electron chi connectivity index (χ0n) is 11.3. The maximum atomic E-state index is 10.2. The highest BCUT2D eigenvalue weighted by molar-refractivity contribution is 5.74. The minimum Gasteiger partial charge on any atom is -0.480 e. The zero-order valence-corrected chi connectivity index (χ0v) is 11.3. The molecule has 0 radical (unpaired) electrons. The van der Waals surface area contributed by atoms with Crippen molar-refractivity contribution in [3.63, 3.8) is 0 Å². The van der Waals surface area contributed by atoms with Crippen molar-refractivity contribution in [2.45, 2.75) is 25.3 Å². The Morgan fingerprint density at radius 3 is 2.85 bits per heavy atom. The van der Waals surface area contributed by atoms with E-state index in [9.17, 15) is 4.79 Å². The predicted molar refractivity (Wildman–Crippen MR) is 77.3 cm³/mol. The van der Waals surface area contributed by atoms with Crippen molar-refractivity contribution in [1.82, 2.24) is 15.3 Å². The van der Waals surface area contributed by atoms with Crippen LogP contribution in [0.3, 0.4) is 0 Å². The first kappa shape index (κ1) is 17.6. The quantitative estimate of drug-likeness (QED) is 0.176. The number of aromatic amines is 1. The topological polar surface area (TPSA) is 154 Å². The summed E-state index contributed by atoms with van der Waals surface area (Å²) < 4.78 is 0. The summed E-state index contributed by atoms with van der Waals surface area (Å²) in [4.78, 5) is 17.1. The second-order valence-corrected chi connectivity index (χ2v) is 3.96. The molecule has 8 heteroatoms. The molecule has 0 spiro atoms. The number of imidazole rings is 1. The maximum Gasteiger partial charge on any atom is 0.320 e. The Morgan fingerprint density at radius 1 is 1.70 bits per heavy atom. The standard InChI is InChI=1S/C6H14N4O2.C6H8N2/c7-4(5(11)12)2-1-3-10-6(8)9;1-2-3-6-7-4-5-8-6/h4H,1-3,7H2,(H,11,12)(H4,8,9,10);2,4-5H,1,3H2,(H,7,8). The van der Waals surface area contributed by atoms with Gasteiger partial charge in [0.25, 0.3) is 0 Å². The van der Waals surface area contributed by atoms with E-state index in [0.717, 1.165) is 12.2 Å². The largest absolute Gasteiger partial charge is 0.480 e. The molecule has 0 saturated heterocycles. The molecule has 112 valence electrons. The molecule has 1 rings (SSSR count). The minimum atomic E-state index is -1.00. The lowest BCUT2D eigenvalue weighted by atomic mass is 10.2. The molecular weight excluding hydrogens is 260 g/mol. The Labute approximate surface area is 117 Å². The van der Waals surface area contributed by atoms with Crippen molar-refractivity contribution in [3.8, 4) is 0 Å². The number of nitrogens with two attached hydrogens (primary N) is 2. The number of hydrogen-bond acceptors (Lipinski definition) is 4. The predicted octanol–water partition coefficient (Wildman–Crippen LogP) is -0.200. The number of nitrogens with zero attached hydrogens (tertiary/aromatic N) is 1. The van der Waals surface area contributed by atoms with Crippen molar-refractivity contribution in [2.75, 3.05) is 6.54 Å². The van der Waals surface area contributed by atoms with Crippen LogP contribution in [-0.4, -0.2) is 39.6 Å². The van der Waals surface area contributed by atoms with Gasteiger partial charge in [-0.05, 0) is 12.8 Å². The number of aliphatic carboxylic acids is 1. The molecule has 0 aromatic carbocycles. The molecule has 0 aliphatic carbocycles. The molecule has 1 atom stereocenters. The van der Waals surface area contributed by atoms with Gasteiger partial charge in [0.1, 0.15) is 11.9 Å². The molecule has 0 amide bonds. The van der Waals surface area contributed by atoms with Crippen LogP contribution >= 0.6 is 0 Å². The van der Waals surface area contributed by atoms with Crippen LogP contribution in [0.25, 0.3) is 0 Å². The third kappa shape index (κ3) is 9.66. The summed E-state index contributed by atoms with van der Waals surface area (Å²) in [6.07, 6.45) is 7.16. The van der Waals surface area contributed by atoms with Gasteiger partial charge in [0.2, 0.25) is 0 Å². The fraction of sp³-hybridized carbons (Fsp3) is 0.417. The second kappa shape index (κ2) is 10.6. The highest BCUT2D eigenvalue weighted by Crippen LogP contribution is 1.92. The number of rotatable bonds is 7. The number of guanidine groups is 1. The van der Waals surface area contributed by atoms with E-state index >= 15 is 0 Å². The van der Waals surface area contributed by atoms with Crippen LogP contribution in [0.5, 0.6) is 0 Å². The van der Waals surface area contributed by atoms with Crippen LogP contribution in [0.15, 0.2) is 25.0 Å². The van der Waals surface area contributed by atoms with Crippen molar-refractivity contribution >= 4 is 11.9 Å². The minimum absolute atomic E-state index is 0.112. The van der Waals surface area contributed by atoms with Crippen LogP contribution in [0, 0.1) is 5.41 Å². The van der Waals surface area contributed by atoms with Crippen LogP contribution in [-0.2, 0) is 11.2 Å². The van der Waals surface area contributed by atoms with E-state index in [0.29, 0.717) is 19.4 Å². The van der Waals surface area contributed by atoms with E-state index in [1.165, 1.54) is 0 Å². The summed E-state index contributed by atoms with van der Waals surface area (Å²) in [5, 5.41) is 17.7. The number of aromatic nitrogens is 2. The number of hydrogen-bond donors (Lipinski definition) is 6. The first-order valence-electron chi connectivity index (χ1n) is 6.12. The Hall–Kier alpha value is -2.35. The fourth-order valence-electron chi connectivity index (χ4n) is 1.21. The monoisotopic (exact) mass is 282 g/mol. The van der Waals surface area contributed by atoms with Crippen LogP contribution in [0.1, 0.15) is 18.7 Å². The highest BCUT2D eigenvalue weighted by atomic mass is 16.4. The SMILES string of the molecule is C=CCc1ncc[nH]1.N=C(N)NCCCC(N)C(=O)O. The number of carboxylic acids is 1. The van der Waals surface area contributed by atoms with E-state index in [1.54, 1.807) is 12.4 Å². The number of nitrogens with one attached hydrogen (secondary N) is 3. The second-order valence-electron chi connectivity index (χ2n) is 3.96. The molecule has 8 N–H and O–H groups in total. The Kier molecular flexibility index (Phi) is 9.32. The highest BCUT2D eigenvalue weighted by Gasteiger charge is 2.09. The Bertz CT molecular complexity index is 404. The maximum absolute atomic E-state index is 10.2. The lowest BCUT2D eigenvalue weighted by Crippen LogP contribution is -2.34. The van der Waals surface area contributed by atoms with E-state index in [1.807, 2.05) is 6.08 Å². The van der Waals surface area contributed by atoms with Gasteiger partial charge in [0, 0.05) is 25.4 Å². The molecule has 1 aromatic rings. The van der Waals surface area contributed by atoms with Gasteiger partial charge in [0.05, 0.1) is 0 Å². The lowest BCUT2D eigenvalue weighted by molar-refractivity contribution is -0.138. The summed E-state index contributed by atoms with van der Waals surface area (Å²) in [7, 11) is 0. The summed E-state index contributed by atoms with van der Waals surface area (Å²) in [6.45, 7) is 4.06. The van der Waals surface area contributed by atoms with Gasteiger partial charge in [-0.2, -0.15) is 0 Å². The fourth-order valence-corrected chi connectivity index (χ4v) is 1.21. The molecule has 1 aromatic heterocycles. The third-order valence-corrected chi connectivity index (χ3v) is 2.22. The summed E-state index contributed by atoms with van der Waals surface area (Å²) in [5.74, 6) is -0.142. The Morgan fingerprint density at radius 2 is 2.40 bits per heavy atom. The molecule has 0 saturated carbocycles. The van der Waals surface area contributed by atoms with E-state index < -0.39 is 12.0 Å². The summed E-state index contributed by atoms with van der Waals surface area (Å²) in [5.41, 5.74) is 10.2. The molecule has 0 aliphatic heterocycles. The first-order chi connectivity index (χ1) is 9.47.